The van der Waals surface area contributed by atoms with Gasteiger partial charge in [0.2, 0.25) is 0 Å². The lowest BCUT2D eigenvalue weighted by atomic mass is 10.3. The van der Waals surface area contributed by atoms with E-state index >= 15 is 0 Å². The Kier molecular flexibility index (Phi) is 5.09. The summed E-state index contributed by atoms with van der Waals surface area (Å²) in [6, 6.07) is 11.0. The molecule has 2 heterocycles. The Labute approximate surface area is 141 Å². The fourth-order valence-electron chi connectivity index (χ4n) is 1.94. The largest absolute Gasteiger partial charge is 0.364 e. The first kappa shape index (κ1) is 16.0. The number of hydrogen-bond donors (Lipinski definition) is 2. The predicted octanol–water partition coefficient (Wildman–Crippen LogP) is 1.67. The molecule has 0 saturated heterocycles. The number of thiazole rings is 1. The van der Waals surface area contributed by atoms with E-state index in [2.05, 4.69) is 20.8 Å². The molecule has 0 aliphatic rings. The lowest BCUT2D eigenvalue weighted by Crippen LogP contribution is -2.43. The number of nitrogens with zero attached hydrogens (tertiary/aromatic N) is 2. The van der Waals surface area contributed by atoms with E-state index in [0.29, 0.717) is 5.56 Å². The van der Waals surface area contributed by atoms with Crippen molar-refractivity contribution in [3.63, 3.8) is 0 Å². The molecule has 3 rings (SSSR count). The first-order valence-electron chi connectivity index (χ1n) is 7.14. The summed E-state index contributed by atoms with van der Waals surface area (Å²) in [7, 11) is 0. The molecular formula is C16H14N4O3S. The summed E-state index contributed by atoms with van der Waals surface area (Å²) in [4.78, 5) is 31.6. The summed E-state index contributed by atoms with van der Waals surface area (Å²) in [5, 5.41) is 0.795. The van der Waals surface area contributed by atoms with Gasteiger partial charge < -0.3 is 4.74 Å². The average molecular weight is 342 g/mol. The van der Waals surface area contributed by atoms with Gasteiger partial charge in [0.25, 0.3) is 11.8 Å². The first-order chi connectivity index (χ1) is 11.7. The smallest absolute Gasteiger partial charge is 0.271 e. The molecule has 8 heteroatoms. The molecular weight excluding hydrogens is 328 g/mol. The van der Waals surface area contributed by atoms with Crippen molar-refractivity contribution in [3.8, 4) is 0 Å². The molecule has 2 amide bonds. The molecule has 122 valence electrons. The molecule has 3 aromatic rings. The van der Waals surface area contributed by atoms with Gasteiger partial charge in [-0.1, -0.05) is 12.1 Å². The maximum atomic E-state index is 11.7. The lowest BCUT2D eigenvalue weighted by Gasteiger charge is -2.07. The molecule has 0 saturated carbocycles. The van der Waals surface area contributed by atoms with Crippen LogP contribution in [0.3, 0.4) is 0 Å². The van der Waals surface area contributed by atoms with E-state index in [4.69, 9.17) is 4.74 Å². The van der Waals surface area contributed by atoms with E-state index in [0.717, 1.165) is 15.2 Å². The van der Waals surface area contributed by atoms with Gasteiger partial charge >= 0.3 is 0 Å². The number of benzene rings is 1. The number of aromatic nitrogens is 2. The fourth-order valence-corrected chi connectivity index (χ4v) is 2.85. The van der Waals surface area contributed by atoms with Crippen molar-refractivity contribution < 1.29 is 14.3 Å². The van der Waals surface area contributed by atoms with E-state index in [1.165, 1.54) is 17.5 Å². The number of fused-ring (bicyclic) bond motifs is 1. The highest BCUT2D eigenvalue weighted by Crippen LogP contribution is 2.21. The maximum Gasteiger partial charge on any atom is 0.271 e. The number of pyridine rings is 1. The van der Waals surface area contributed by atoms with Gasteiger partial charge in [0, 0.05) is 12.4 Å². The van der Waals surface area contributed by atoms with Crippen molar-refractivity contribution in [3.05, 3.63) is 59.4 Å². The minimum atomic E-state index is -0.451. The number of ether oxygens (including phenoxy) is 1. The zero-order valence-corrected chi connectivity index (χ0v) is 13.4. The SMILES string of the molecule is O=C(COCc1nc2ccccc2s1)NNC(=O)c1cccnc1. The van der Waals surface area contributed by atoms with E-state index in [1.807, 2.05) is 24.3 Å². The van der Waals surface area contributed by atoms with Crippen molar-refractivity contribution >= 4 is 33.4 Å². The van der Waals surface area contributed by atoms with Crippen LogP contribution in [0.4, 0.5) is 0 Å². The molecule has 2 aromatic heterocycles. The van der Waals surface area contributed by atoms with Crippen molar-refractivity contribution in [1.29, 1.82) is 0 Å². The summed E-state index contributed by atoms with van der Waals surface area (Å²) in [6.07, 6.45) is 2.97. The molecule has 0 spiro atoms. The normalized spacial score (nSPS) is 10.5. The molecule has 0 atom stereocenters. The van der Waals surface area contributed by atoms with Gasteiger partial charge in [0.15, 0.2) is 0 Å². The minimum Gasteiger partial charge on any atom is -0.364 e. The third-order valence-electron chi connectivity index (χ3n) is 3.04. The fraction of sp³-hybridized carbons (Fsp3) is 0.125. The highest BCUT2D eigenvalue weighted by Gasteiger charge is 2.08. The van der Waals surface area contributed by atoms with E-state index in [1.54, 1.807) is 18.3 Å². The summed E-state index contributed by atoms with van der Waals surface area (Å²) < 4.78 is 6.39. The molecule has 0 fully saturated rings. The van der Waals surface area contributed by atoms with Crippen molar-refractivity contribution in [2.24, 2.45) is 0 Å². The van der Waals surface area contributed by atoms with Crippen LogP contribution in [0.1, 0.15) is 15.4 Å². The molecule has 0 unspecified atom stereocenters. The van der Waals surface area contributed by atoms with Gasteiger partial charge in [0.05, 0.1) is 22.4 Å². The second-order valence-corrected chi connectivity index (χ2v) is 5.93. The Balaban J connectivity index is 1.42. The highest BCUT2D eigenvalue weighted by atomic mass is 32.1. The van der Waals surface area contributed by atoms with Crippen LogP contribution in [0, 0.1) is 0 Å². The second kappa shape index (κ2) is 7.62. The molecule has 2 N–H and O–H groups in total. The summed E-state index contributed by atoms with van der Waals surface area (Å²) in [6.45, 7) is 0.0621. The molecule has 0 radical (unpaired) electrons. The van der Waals surface area contributed by atoms with Crippen molar-refractivity contribution in [2.75, 3.05) is 6.61 Å². The predicted molar refractivity (Wildman–Crippen MR) is 89.1 cm³/mol. The average Bonchev–Trinajstić information content (AvgIpc) is 3.03. The number of nitrogens with one attached hydrogen (secondary N) is 2. The van der Waals surface area contributed by atoms with Crippen LogP contribution in [0.25, 0.3) is 10.2 Å². The summed E-state index contributed by atoms with van der Waals surface area (Å²) in [5.41, 5.74) is 5.85. The van der Waals surface area contributed by atoms with Gasteiger partial charge in [-0.15, -0.1) is 11.3 Å². The Morgan fingerprint density at radius 3 is 2.79 bits per heavy atom. The topological polar surface area (TPSA) is 93.2 Å². The lowest BCUT2D eigenvalue weighted by molar-refractivity contribution is -0.126. The van der Waals surface area contributed by atoms with Crippen LogP contribution < -0.4 is 10.9 Å². The third-order valence-corrected chi connectivity index (χ3v) is 4.05. The second-order valence-electron chi connectivity index (χ2n) is 4.81. The Morgan fingerprint density at radius 2 is 2.00 bits per heavy atom. The number of para-hydroxylation sites is 1. The number of amides is 2. The van der Waals surface area contributed by atoms with Crippen LogP contribution in [-0.2, 0) is 16.1 Å². The molecule has 0 bridgehead atoms. The van der Waals surface area contributed by atoms with Crippen LogP contribution in [0.5, 0.6) is 0 Å². The number of hydrazine groups is 1. The number of rotatable bonds is 5. The molecule has 1 aromatic carbocycles. The van der Waals surface area contributed by atoms with E-state index < -0.39 is 11.8 Å². The van der Waals surface area contributed by atoms with Gasteiger partial charge in [0.1, 0.15) is 11.6 Å². The van der Waals surface area contributed by atoms with Crippen molar-refractivity contribution in [2.45, 2.75) is 6.61 Å². The van der Waals surface area contributed by atoms with E-state index in [9.17, 15) is 9.59 Å². The Morgan fingerprint density at radius 1 is 1.12 bits per heavy atom. The highest BCUT2D eigenvalue weighted by molar-refractivity contribution is 7.18. The molecule has 0 aliphatic carbocycles. The quantitative estimate of drug-likeness (QED) is 0.688. The standard InChI is InChI=1S/C16H14N4O3S/c21-14(19-20-16(22)11-4-3-7-17-8-11)9-23-10-15-18-12-5-1-2-6-13(12)24-15/h1-8H,9-10H2,(H,19,21)(H,20,22). The van der Waals surface area contributed by atoms with E-state index in [-0.39, 0.29) is 13.2 Å². The van der Waals surface area contributed by atoms with Gasteiger partial charge in [-0.25, -0.2) is 4.98 Å². The van der Waals surface area contributed by atoms with Gasteiger partial charge in [-0.3, -0.25) is 25.4 Å². The van der Waals surface area contributed by atoms with Crippen molar-refractivity contribution in [1.82, 2.24) is 20.8 Å². The molecule has 24 heavy (non-hydrogen) atoms. The van der Waals surface area contributed by atoms with Crippen LogP contribution >= 0.6 is 11.3 Å². The number of hydrogen-bond acceptors (Lipinski definition) is 6. The minimum absolute atomic E-state index is 0.177. The van der Waals surface area contributed by atoms with Crippen LogP contribution in [0.15, 0.2) is 48.8 Å². The number of carbonyl (C=O) groups is 2. The number of carbonyl (C=O) groups excluding carboxylic acids is 2. The van der Waals surface area contributed by atoms with Crippen LogP contribution in [-0.4, -0.2) is 28.4 Å². The maximum absolute atomic E-state index is 11.7. The summed E-state index contributed by atoms with van der Waals surface area (Å²) >= 11 is 1.52. The monoisotopic (exact) mass is 342 g/mol. The zero-order chi connectivity index (χ0) is 16.8. The Hall–Kier alpha value is -2.84. The van der Waals surface area contributed by atoms with Gasteiger partial charge in [-0.05, 0) is 24.3 Å². The summed E-state index contributed by atoms with van der Waals surface area (Å²) in [5.74, 6) is -0.893. The molecule has 7 nitrogen and oxygen atoms in total. The van der Waals surface area contributed by atoms with Gasteiger partial charge in [-0.2, -0.15) is 0 Å². The molecule has 0 aliphatic heterocycles. The first-order valence-corrected chi connectivity index (χ1v) is 7.95. The Bertz CT molecular complexity index is 818. The zero-order valence-electron chi connectivity index (χ0n) is 12.6. The van der Waals surface area contributed by atoms with Crippen LogP contribution in [0.2, 0.25) is 0 Å². The third kappa shape index (κ3) is 4.12.